The first-order valence-electron chi connectivity index (χ1n) is 4.19. The van der Waals surface area contributed by atoms with E-state index >= 15 is 0 Å². The van der Waals surface area contributed by atoms with Crippen molar-refractivity contribution in [3.05, 3.63) is 34.7 Å². The second kappa shape index (κ2) is 5.35. The molecule has 80 valence electrons. The number of hydrogen-bond donors (Lipinski definition) is 1. The molecule has 0 saturated carbocycles. The molecular weight excluding hydrogens is 251 g/mol. The van der Waals surface area contributed by atoms with Gasteiger partial charge in [0, 0.05) is 23.0 Å². The predicted molar refractivity (Wildman–Crippen MR) is 69.4 cm³/mol. The van der Waals surface area contributed by atoms with Crippen molar-refractivity contribution in [1.82, 2.24) is 4.98 Å². The first-order chi connectivity index (χ1) is 6.79. The van der Waals surface area contributed by atoms with Crippen molar-refractivity contribution in [2.75, 3.05) is 12.4 Å². The number of benzene rings is 1. The van der Waals surface area contributed by atoms with Gasteiger partial charge in [-0.1, -0.05) is 23.7 Å². The molecule has 2 aromatic rings. The van der Waals surface area contributed by atoms with Gasteiger partial charge in [0.15, 0.2) is 5.13 Å². The number of nitrogens with one attached hydrogen (secondary N) is 1. The summed E-state index contributed by atoms with van der Waals surface area (Å²) < 4.78 is 0. The minimum absolute atomic E-state index is 0. The van der Waals surface area contributed by atoms with Crippen LogP contribution in [0, 0.1) is 0 Å². The van der Waals surface area contributed by atoms with E-state index < -0.39 is 0 Å². The van der Waals surface area contributed by atoms with Crippen LogP contribution in [0.2, 0.25) is 5.02 Å². The fourth-order valence-electron chi connectivity index (χ4n) is 1.14. The number of anilines is 1. The molecule has 15 heavy (non-hydrogen) atoms. The first-order valence-corrected chi connectivity index (χ1v) is 5.44. The van der Waals surface area contributed by atoms with Crippen LogP contribution in [0.4, 0.5) is 5.13 Å². The Bertz CT molecular complexity index is 425. The number of rotatable bonds is 2. The third kappa shape index (κ3) is 2.84. The molecule has 0 atom stereocenters. The van der Waals surface area contributed by atoms with E-state index in [9.17, 15) is 0 Å². The fraction of sp³-hybridized carbons (Fsp3) is 0.100. The van der Waals surface area contributed by atoms with Crippen molar-refractivity contribution in [3.8, 4) is 11.3 Å². The maximum absolute atomic E-state index is 5.80. The molecule has 0 amide bonds. The highest BCUT2D eigenvalue weighted by molar-refractivity contribution is 7.14. The van der Waals surface area contributed by atoms with Gasteiger partial charge in [-0.25, -0.2) is 4.98 Å². The first kappa shape index (κ1) is 12.3. The summed E-state index contributed by atoms with van der Waals surface area (Å²) in [5, 5.41) is 6.71. The van der Waals surface area contributed by atoms with Gasteiger partial charge >= 0.3 is 0 Å². The van der Waals surface area contributed by atoms with Crippen LogP contribution in [-0.4, -0.2) is 12.0 Å². The zero-order valence-corrected chi connectivity index (χ0v) is 10.4. The van der Waals surface area contributed by atoms with Crippen molar-refractivity contribution in [1.29, 1.82) is 0 Å². The lowest BCUT2D eigenvalue weighted by Gasteiger charge is -1.95. The number of halogens is 2. The van der Waals surface area contributed by atoms with Gasteiger partial charge in [0.05, 0.1) is 5.69 Å². The Morgan fingerprint density at radius 3 is 2.47 bits per heavy atom. The molecule has 2 nitrogen and oxygen atoms in total. The van der Waals surface area contributed by atoms with E-state index in [2.05, 4.69) is 10.3 Å². The van der Waals surface area contributed by atoms with Crippen molar-refractivity contribution in [2.45, 2.75) is 0 Å². The monoisotopic (exact) mass is 260 g/mol. The Hall–Kier alpha value is -0.770. The van der Waals surface area contributed by atoms with Crippen LogP contribution in [0.25, 0.3) is 11.3 Å². The number of aromatic nitrogens is 1. The van der Waals surface area contributed by atoms with Crippen LogP contribution in [0.5, 0.6) is 0 Å². The molecule has 0 aliphatic rings. The van der Waals surface area contributed by atoms with Gasteiger partial charge < -0.3 is 5.32 Å². The highest BCUT2D eigenvalue weighted by Crippen LogP contribution is 2.25. The third-order valence-corrected chi connectivity index (χ3v) is 2.97. The van der Waals surface area contributed by atoms with Crippen molar-refractivity contribution < 1.29 is 0 Å². The van der Waals surface area contributed by atoms with Gasteiger partial charge in [0.1, 0.15) is 0 Å². The Morgan fingerprint density at radius 2 is 1.93 bits per heavy atom. The Morgan fingerprint density at radius 1 is 1.27 bits per heavy atom. The summed E-state index contributed by atoms with van der Waals surface area (Å²) in [6.07, 6.45) is 0. The Balaban J connectivity index is 0.00000112. The summed E-state index contributed by atoms with van der Waals surface area (Å²) in [5.41, 5.74) is 2.07. The van der Waals surface area contributed by atoms with Gasteiger partial charge in [-0.05, 0) is 12.1 Å². The lowest BCUT2D eigenvalue weighted by atomic mass is 10.2. The van der Waals surface area contributed by atoms with E-state index in [1.54, 1.807) is 11.3 Å². The molecule has 0 unspecified atom stereocenters. The van der Waals surface area contributed by atoms with Crippen LogP contribution >= 0.6 is 35.3 Å². The quantitative estimate of drug-likeness (QED) is 0.886. The zero-order chi connectivity index (χ0) is 9.97. The lowest BCUT2D eigenvalue weighted by Crippen LogP contribution is -1.85. The average Bonchev–Trinajstić information content (AvgIpc) is 2.67. The summed E-state index contributed by atoms with van der Waals surface area (Å²) in [4.78, 5) is 4.39. The molecule has 0 saturated heterocycles. The third-order valence-electron chi connectivity index (χ3n) is 1.86. The summed E-state index contributed by atoms with van der Waals surface area (Å²) in [6.45, 7) is 0. The molecule has 5 heteroatoms. The zero-order valence-electron chi connectivity index (χ0n) is 8.03. The molecule has 0 fully saturated rings. The molecule has 2 rings (SSSR count). The van der Waals surface area contributed by atoms with Gasteiger partial charge in [-0.3, -0.25) is 0 Å². The van der Waals surface area contributed by atoms with E-state index in [0.717, 1.165) is 21.4 Å². The maximum atomic E-state index is 5.80. The summed E-state index contributed by atoms with van der Waals surface area (Å²) in [7, 11) is 1.87. The summed E-state index contributed by atoms with van der Waals surface area (Å²) in [5.74, 6) is 0. The van der Waals surface area contributed by atoms with Gasteiger partial charge in [-0.15, -0.1) is 23.7 Å². The van der Waals surface area contributed by atoms with Crippen LogP contribution in [0.1, 0.15) is 0 Å². The second-order valence-electron chi connectivity index (χ2n) is 2.79. The van der Waals surface area contributed by atoms with Crippen LogP contribution < -0.4 is 5.32 Å². The fourth-order valence-corrected chi connectivity index (χ4v) is 1.95. The maximum Gasteiger partial charge on any atom is 0.182 e. The van der Waals surface area contributed by atoms with Crippen molar-refractivity contribution in [2.24, 2.45) is 0 Å². The molecule has 0 radical (unpaired) electrons. The van der Waals surface area contributed by atoms with E-state index in [-0.39, 0.29) is 12.4 Å². The molecule has 0 spiro atoms. The minimum Gasteiger partial charge on any atom is -0.365 e. The number of thiazole rings is 1. The second-order valence-corrected chi connectivity index (χ2v) is 4.09. The van der Waals surface area contributed by atoms with E-state index in [1.807, 2.05) is 36.7 Å². The molecule has 0 aliphatic carbocycles. The normalized spacial score (nSPS) is 9.47. The molecule has 0 aliphatic heterocycles. The largest absolute Gasteiger partial charge is 0.365 e. The molecule has 0 bridgehead atoms. The predicted octanol–water partition coefficient (Wildman–Crippen LogP) is 3.93. The molecule has 1 aromatic heterocycles. The van der Waals surface area contributed by atoms with Crippen LogP contribution in [0.15, 0.2) is 29.6 Å². The van der Waals surface area contributed by atoms with Crippen LogP contribution in [0.3, 0.4) is 0 Å². The van der Waals surface area contributed by atoms with Crippen molar-refractivity contribution in [3.63, 3.8) is 0 Å². The molecular formula is C10H10Cl2N2S. The SMILES string of the molecule is CNc1nc(-c2ccc(Cl)cc2)cs1.Cl. The molecule has 1 heterocycles. The Labute approximate surface area is 104 Å². The summed E-state index contributed by atoms with van der Waals surface area (Å²) in [6, 6.07) is 7.68. The van der Waals surface area contributed by atoms with E-state index in [0.29, 0.717) is 0 Å². The highest BCUT2D eigenvalue weighted by atomic mass is 35.5. The number of nitrogens with zero attached hydrogens (tertiary/aromatic N) is 1. The standard InChI is InChI=1S/C10H9ClN2S.ClH/c1-12-10-13-9(6-14-10)7-2-4-8(11)5-3-7;/h2-6H,1H3,(H,12,13);1H. The van der Waals surface area contributed by atoms with Crippen LogP contribution in [-0.2, 0) is 0 Å². The van der Waals surface area contributed by atoms with Gasteiger partial charge in [-0.2, -0.15) is 0 Å². The number of hydrogen-bond acceptors (Lipinski definition) is 3. The van der Waals surface area contributed by atoms with Gasteiger partial charge in [0.25, 0.3) is 0 Å². The highest BCUT2D eigenvalue weighted by Gasteiger charge is 2.02. The summed E-state index contributed by atoms with van der Waals surface area (Å²) >= 11 is 7.39. The smallest absolute Gasteiger partial charge is 0.182 e. The molecule has 1 aromatic carbocycles. The lowest BCUT2D eigenvalue weighted by molar-refractivity contribution is 1.36. The Kier molecular flexibility index (Phi) is 4.39. The minimum atomic E-state index is 0. The molecule has 1 N–H and O–H groups in total. The van der Waals surface area contributed by atoms with Crippen molar-refractivity contribution >= 4 is 40.5 Å². The van der Waals surface area contributed by atoms with E-state index in [4.69, 9.17) is 11.6 Å². The van der Waals surface area contributed by atoms with E-state index in [1.165, 1.54) is 0 Å². The van der Waals surface area contributed by atoms with Gasteiger partial charge in [0.2, 0.25) is 0 Å². The topological polar surface area (TPSA) is 24.9 Å². The average molecular weight is 261 g/mol.